The first-order valence-electron chi connectivity index (χ1n) is 7.14. The molecule has 0 atom stereocenters. The number of rotatable bonds is 6. The Labute approximate surface area is 114 Å². The molecule has 0 unspecified atom stereocenters. The molecule has 1 aromatic rings. The molecule has 19 heavy (non-hydrogen) atoms. The van der Waals surface area contributed by atoms with E-state index in [0.29, 0.717) is 25.7 Å². The second-order valence-corrected chi connectivity index (χ2v) is 5.31. The van der Waals surface area contributed by atoms with Gasteiger partial charge in [0.25, 0.3) is 5.56 Å². The maximum absolute atomic E-state index is 12.4. The third kappa shape index (κ3) is 3.67. The first-order valence-corrected chi connectivity index (χ1v) is 7.14. The summed E-state index contributed by atoms with van der Waals surface area (Å²) in [5, 5.41) is 3.50. The van der Waals surface area contributed by atoms with Crippen LogP contribution in [0.15, 0.2) is 16.9 Å². The molecule has 0 saturated heterocycles. The van der Waals surface area contributed by atoms with E-state index >= 15 is 0 Å². The predicted molar refractivity (Wildman–Crippen MR) is 76.4 cm³/mol. The highest BCUT2D eigenvalue weighted by Crippen LogP contribution is 2.17. The van der Waals surface area contributed by atoms with Crippen molar-refractivity contribution in [3.63, 3.8) is 0 Å². The molecule has 1 aromatic heterocycles. The average Bonchev–Trinajstić information content (AvgIpc) is 2.91. The second-order valence-electron chi connectivity index (χ2n) is 5.31. The number of ether oxygens (including phenoxy) is 1. The first kappa shape index (κ1) is 14.3. The fraction of sp³-hybridized carbons (Fsp3) is 0.667. The molecular weight excluding hydrogens is 240 g/mol. The standard InChI is InChI=1S/C15H24N2O2/c1-12-7-8-13(11-16-14-5-3-4-6-14)15(18)17(12)9-10-19-2/h7-8,14,16H,3-6,9-11H2,1-2H3. The van der Waals surface area contributed by atoms with Crippen molar-refractivity contribution >= 4 is 0 Å². The van der Waals surface area contributed by atoms with Crippen LogP contribution in [0.4, 0.5) is 0 Å². The lowest BCUT2D eigenvalue weighted by atomic mass is 10.2. The summed E-state index contributed by atoms with van der Waals surface area (Å²) in [6.45, 7) is 3.83. The summed E-state index contributed by atoms with van der Waals surface area (Å²) >= 11 is 0. The minimum absolute atomic E-state index is 0.113. The monoisotopic (exact) mass is 264 g/mol. The molecule has 0 bridgehead atoms. The molecule has 0 spiro atoms. The molecule has 4 nitrogen and oxygen atoms in total. The van der Waals surface area contributed by atoms with Gasteiger partial charge in [-0.05, 0) is 25.8 Å². The predicted octanol–water partition coefficient (Wildman–Crippen LogP) is 1.84. The van der Waals surface area contributed by atoms with Crippen LogP contribution in [-0.4, -0.2) is 24.3 Å². The van der Waals surface area contributed by atoms with Gasteiger partial charge in [0, 0.05) is 37.5 Å². The van der Waals surface area contributed by atoms with E-state index in [0.717, 1.165) is 11.3 Å². The van der Waals surface area contributed by atoms with E-state index < -0.39 is 0 Å². The van der Waals surface area contributed by atoms with E-state index in [1.54, 1.807) is 11.7 Å². The van der Waals surface area contributed by atoms with Crippen molar-refractivity contribution in [2.75, 3.05) is 13.7 Å². The highest BCUT2D eigenvalue weighted by atomic mass is 16.5. The molecule has 1 N–H and O–H groups in total. The van der Waals surface area contributed by atoms with E-state index in [1.165, 1.54) is 25.7 Å². The number of hydrogen-bond donors (Lipinski definition) is 1. The molecule has 106 valence electrons. The maximum Gasteiger partial charge on any atom is 0.255 e. The van der Waals surface area contributed by atoms with E-state index in [-0.39, 0.29) is 5.56 Å². The van der Waals surface area contributed by atoms with Crippen LogP contribution in [0, 0.1) is 6.92 Å². The number of hydrogen-bond acceptors (Lipinski definition) is 3. The molecular formula is C15H24N2O2. The quantitative estimate of drug-likeness (QED) is 0.852. The van der Waals surface area contributed by atoms with Gasteiger partial charge in [0.05, 0.1) is 6.61 Å². The summed E-state index contributed by atoms with van der Waals surface area (Å²) in [6.07, 6.45) is 5.10. The topological polar surface area (TPSA) is 43.3 Å². The van der Waals surface area contributed by atoms with Crippen molar-refractivity contribution in [3.05, 3.63) is 33.7 Å². The molecule has 1 aliphatic carbocycles. The Bertz CT molecular complexity index is 462. The molecule has 1 saturated carbocycles. The molecule has 0 aliphatic heterocycles. The fourth-order valence-electron chi connectivity index (χ4n) is 2.70. The Hall–Kier alpha value is -1.13. The largest absolute Gasteiger partial charge is 0.383 e. The third-order valence-corrected chi connectivity index (χ3v) is 3.93. The zero-order valence-electron chi connectivity index (χ0n) is 11.9. The van der Waals surface area contributed by atoms with Gasteiger partial charge in [-0.2, -0.15) is 0 Å². The summed E-state index contributed by atoms with van der Waals surface area (Å²) in [6, 6.07) is 4.55. The van der Waals surface area contributed by atoms with Crippen LogP contribution in [0.2, 0.25) is 0 Å². The van der Waals surface area contributed by atoms with Crippen molar-refractivity contribution in [3.8, 4) is 0 Å². The SMILES string of the molecule is COCCn1c(C)ccc(CNC2CCCC2)c1=O. The van der Waals surface area contributed by atoms with Gasteiger partial charge in [0.2, 0.25) is 0 Å². The van der Waals surface area contributed by atoms with Crippen LogP contribution in [0.5, 0.6) is 0 Å². The summed E-state index contributed by atoms with van der Waals surface area (Å²) in [7, 11) is 1.66. The minimum Gasteiger partial charge on any atom is -0.383 e. The zero-order chi connectivity index (χ0) is 13.7. The zero-order valence-corrected chi connectivity index (χ0v) is 11.9. The van der Waals surface area contributed by atoms with Crippen LogP contribution in [0.1, 0.15) is 36.9 Å². The third-order valence-electron chi connectivity index (χ3n) is 3.93. The van der Waals surface area contributed by atoms with Crippen LogP contribution < -0.4 is 10.9 Å². The van der Waals surface area contributed by atoms with E-state index in [1.807, 2.05) is 19.1 Å². The lowest BCUT2D eigenvalue weighted by Gasteiger charge is -2.14. The number of methoxy groups -OCH3 is 1. The van der Waals surface area contributed by atoms with E-state index in [9.17, 15) is 4.79 Å². The lowest BCUT2D eigenvalue weighted by molar-refractivity contribution is 0.185. The summed E-state index contributed by atoms with van der Waals surface area (Å²) < 4.78 is 6.86. The van der Waals surface area contributed by atoms with E-state index in [4.69, 9.17) is 4.74 Å². The van der Waals surface area contributed by atoms with Gasteiger partial charge < -0.3 is 14.6 Å². The highest BCUT2D eigenvalue weighted by Gasteiger charge is 2.15. The Morgan fingerprint density at radius 3 is 2.79 bits per heavy atom. The normalized spacial score (nSPS) is 16.1. The minimum atomic E-state index is 0.113. The van der Waals surface area contributed by atoms with Crippen LogP contribution in [0.25, 0.3) is 0 Å². The number of aromatic nitrogens is 1. The van der Waals surface area contributed by atoms with Crippen LogP contribution in [-0.2, 0) is 17.8 Å². The van der Waals surface area contributed by atoms with Gasteiger partial charge in [0.1, 0.15) is 0 Å². The number of pyridine rings is 1. The maximum atomic E-state index is 12.4. The van der Waals surface area contributed by atoms with Crippen molar-refractivity contribution < 1.29 is 4.74 Å². The molecule has 1 aliphatic rings. The van der Waals surface area contributed by atoms with Gasteiger partial charge >= 0.3 is 0 Å². The van der Waals surface area contributed by atoms with Crippen LogP contribution >= 0.6 is 0 Å². The molecule has 1 fully saturated rings. The fourth-order valence-corrected chi connectivity index (χ4v) is 2.70. The van der Waals surface area contributed by atoms with Gasteiger partial charge in [0.15, 0.2) is 0 Å². The Morgan fingerprint density at radius 1 is 1.37 bits per heavy atom. The molecule has 4 heteroatoms. The second kappa shape index (κ2) is 6.87. The van der Waals surface area contributed by atoms with Crippen molar-refractivity contribution in [2.45, 2.75) is 51.7 Å². The molecule has 0 aromatic carbocycles. The number of aryl methyl sites for hydroxylation is 1. The summed E-state index contributed by atoms with van der Waals surface area (Å²) in [5.41, 5.74) is 1.96. The number of nitrogens with zero attached hydrogens (tertiary/aromatic N) is 1. The van der Waals surface area contributed by atoms with Crippen molar-refractivity contribution in [2.24, 2.45) is 0 Å². The molecule has 1 heterocycles. The molecule has 0 amide bonds. The van der Waals surface area contributed by atoms with Gasteiger partial charge in [-0.25, -0.2) is 0 Å². The number of nitrogens with one attached hydrogen (secondary N) is 1. The van der Waals surface area contributed by atoms with Gasteiger partial charge in [-0.3, -0.25) is 4.79 Å². The first-order chi connectivity index (χ1) is 9.22. The van der Waals surface area contributed by atoms with Gasteiger partial charge in [-0.1, -0.05) is 18.9 Å². The summed E-state index contributed by atoms with van der Waals surface area (Å²) in [5.74, 6) is 0. The average molecular weight is 264 g/mol. The highest BCUT2D eigenvalue weighted by molar-refractivity contribution is 5.15. The molecule has 2 rings (SSSR count). The van der Waals surface area contributed by atoms with Gasteiger partial charge in [-0.15, -0.1) is 0 Å². The van der Waals surface area contributed by atoms with E-state index in [2.05, 4.69) is 5.32 Å². The molecule has 0 radical (unpaired) electrons. The Morgan fingerprint density at radius 2 is 2.11 bits per heavy atom. The summed E-state index contributed by atoms with van der Waals surface area (Å²) in [4.78, 5) is 12.4. The van der Waals surface area contributed by atoms with Crippen LogP contribution in [0.3, 0.4) is 0 Å². The van der Waals surface area contributed by atoms with Crippen molar-refractivity contribution in [1.82, 2.24) is 9.88 Å². The smallest absolute Gasteiger partial charge is 0.255 e. The Kier molecular flexibility index (Phi) is 5.16. The van der Waals surface area contributed by atoms with Crippen molar-refractivity contribution in [1.29, 1.82) is 0 Å². The lowest BCUT2D eigenvalue weighted by Crippen LogP contribution is -2.32. The Balaban J connectivity index is 2.05.